The predicted octanol–water partition coefficient (Wildman–Crippen LogP) is 5.77. The lowest BCUT2D eigenvalue weighted by molar-refractivity contribution is 0.778. The first-order valence-electron chi connectivity index (χ1n) is 9.03. The topological polar surface area (TPSA) is 56.7 Å². The van der Waals surface area contributed by atoms with Gasteiger partial charge in [-0.05, 0) is 48.0 Å². The predicted molar refractivity (Wildman–Crippen MR) is 119 cm³/mol. The summed E-state index contributed by atoms with van der Waals surface area (Å²) in [5, 5.41) is 7.01. The number of benzene rings is 2. The van der Waals surface area contributed by atoms with E-state index in [9.17, 15) is 0 Å². The molecule has 0 fully saturated rings. The van der Waals surface area contributed by atoms with E-state index in [1.165, 1.54) is 0 Å². The van der Waals surface area contributed by atoms with Gasteiger partial charge in [-0.15, -0.1) is 0 Å². The van der Waals surface area contributed by atoms with Crippen molar-refractivity contribution < 1.29 is 0 Å². The van der Waals surface area contributed by atoms with Crippen molar-refractivity contribution in [3.63, 3.8) is 0 Å². The van der Waals surface area contributed by atoms with E-state index < -0.39 is 0 Å². The lowest BCUT2D eigenvalue weighted by Gasteiger charge is -2.10. The van der Waals surface area contributed by atoms with Crippen molar-refractivity contribution in [2.75, 3.05) is 0 Å². The molecule has 4 aromatic rings. The molecule has 4 nitrogen and oxygen atoms in total. The Kier molecular flexibility index (Phi) is 6.21. The third kappa shape index (κ3) is 4.65. The number of nitrogens with zero attached hydrogens (tertiary/aromatic N) is 3. The van der Waals surface area contributed by atoms with E-state index in [1.807, 2.05) is 59.3 Å². The lowest BCUT2D eigenvalue weighted by Crippen LogP contribution is -2.02. The summed E-state index contributed by atoms with van der Waals surface area (Å²) in [6, 6.07) is 19.6. The second-order valence-corrected chi connectivity index (χ2v) is 8.36. The minimum absolute atomic E-state index is 0.351. The Hall–Kier alpha value is -2.31. The van der Waals surface area contributed by atoms with Crippen LogP contribution in [0.3, 0.4) is 0 Å². The van der Waals surface area contributed by atoms with E-state index in [1.54, 1.807) is 30.2 Å². The Morgan fingerprint density at radius 2 is 1.62 bits per heavy atom. The van der Waals surface area contributed by atoms with Gasteiger partial charge in [0, 0.05) is 45.9 Å². The molecule has 0 bridgehead atoms. The molecule has 0 aliphatic carbocycles. The summed E-state index contributed by atoms with van der Waals surface area (Å²) in [5.41, 5.74) is 10.1. The smallest absolute Gasteiger partial charge is 0.108 e. The molecule has 0 unspecified atom stereocenters. The van der Waals surface area contributed by atoms with Gasteiger partial charge < -0.3 is 5.73 Å². The van der Waals surface area contributed by atoms with Crippen LogP contribution in [-0.2, 0) is 13.0 Å². The zero-order valence-corrected chi connectivity index (χ0v) is 17.8. The summed E-state index contributed by atoms with van der Waals surface area (Å²) in [5.74, 6) is 0. The minimum atomic E-state index is 0.351. The molecule has 2 aromatic carbocycles. The van der Waals surface area contributed by atoms with E-state index in [4.69, 9.17) is 34.0 Å². The van der Waals surface area contributed by atoms with Gasteiger partial charge in [-0.1, -0.05) is 53.2 Å². The van der Waals surface area contributed by atoms with Gasteiger partial charge in [0.1, 0.15) is 5.03 Å². The van der Waals surface area contributed by atoms with Crippen LogP contribution in [0.1, 0.15) is 16.8 Å². The summed E-state index contributed by atoms with van der Waals surface area (Å²) in [7, 11) is 0. The first-order valence-corrected chi connectivity index (χ1v) is 10.6. The van der Waals surface area contributed by atoms with Crippen molar-refractivity contribution in [1.29, 1.82) is 0 Å². The quantitative estimate of drug-likeness (QED) is 0.413. The molecular weight excluding hydrogens is 423 g/mol. The molecule has 0 radical (unpaired) electrons. The van der Waals surface area contributed by atoms with Crippen LogP contribution in [0.2, 0.25) is 10.0 Å². The molecule has 146 valence electrons. The van der Waals surface area contributed by atoms with Crippen molar-refractivity contribution in [3.05, 3.63) is 99.9 Å². The SMILES string of the molecule is NCc1nn(-c2ccccc2)c(Sc2cc(Cl)cc(Cl)c2)c1Cc1ccncc1. The van der Waals surface area contributed by atoms with E-state index in [0.717, 1.165) is 32.4 Å². The van der Waals surface area contributed by atoms with Crippen molar-refractivity contribution >= 4 is 35.0 Å². The van der Waals surface area contributed by atoms with Crippen LogP contribution in [0.25, 0.3) is 5.69 Å². The van der Waals surface area contributed by atoms with Crippen LogP contribution in [0.5, 0.6) is 0 Å². The van der Waals surface area contributed by atoms with Gasteiger partial charge in [0.25, 0.3) is 0 Å². The monoisotopic (exact) mass is 440 g/mol. The molecule has 0 saturated heterocycles. The molecule has 7 heteroatoms. The van der Waals surface area contributed by atoms with Gasteiger partial charge in [0.2, 0.25) is 0 Å². The van der Waals surface area contributed by atoms with Crippen molar-refractivity contribution in [2.45, 2.75) is 22.9 Å². The van der Waals surface area contributed by atoms with Crippen LogP contribution >= 0.6 is 35.0 Å². The molecule has 0 amide bonds. The summed E-state index contributed by atoms with van der Waals surface area (Å²) in [6.07, 6.45) is 4.30. The fraction of sp³-hybridized carbons (Fsp3) is 0.0909. The highest BCUT2D eigenvalue weighted by Gasteiger charge is 2.20. The standard InChI is InChI=1S/C22H18Cl2N4S/c23-16-11-17(24)13-19(12-16)29-22-20(10-15-6-8-26-9-7-15)21(14-25)27-28(22)18-4-2-1-3-5-18/h1-9,11-13H,10,14,25H2. The van der Waals surface area contributed by atoms with Gasteiger partial charge in [-0.25, -0.2) is 4.68 Å². The minimum Gasteiger partial charge on any atom is -0.325 e. The normalized spacial score (nSPS) is 11.0. The zero-order valence-electron chi connectivity index (χ0n) is 15.4. The summed E-state index contributed by atoms with van der Waals surface area (Å²) >= 11 is 14.0. The Morgan fingerprint density at radius 3 is 2.28 bits per heavy atom. The average Bonchev–Trinajstić information content (AvgIpc) is 3.06. The number of hydrogen-bond donors (Lipinski definition) is 1. The van der Waals surface area contributed by atoms with E-state index in [-0.39, 0.29) is 0 Å². The van der Waals surface area contributed by atoms with Crippen LogP contribution in [-0.4, -0.2) is 14.8 Å². The molecular formula is C22H18Cl2N4S. The molecule has 2 heterocycles. The molecule has 2 N–H and O–H groups in total. The molecule has 4 rings (SSSR count). The van der Waals surface area contributed by atoms with Gasteiger partial charge in [0.05, 0.1) is 11.4 Å². The summed E-state index contributed by atoms with van der Waals surface area (Å²) in [4.78, 5) is 5.06. The molecule has 0 aliphatic heterocycles. The Bertz CT molecular complexity index is 1090. The molecule has 29 heavy (non-hydrogen) atoms. The number of pyridine rings is 1. The van der Waals surface area contributed by atoms with Crippen LogP contribution in [0, 0.1) is 0 Å². The molecule has 0 spiro atoms. The highest BCUT2D eigenvalue weighted by atomic mass is 35.5. The van der Waals surface area contributed by atoms with Gasteiger partial charge in [-0.2, -0.15) is 5.10 Å². The third-order valence-electron chi connectivity index (χ3n) is 4.39. The van der Waals surface area contributed by atoms with Gasteiger partial charge in [0.15, 0.2) is 0 Å². The van der Waals surface area contributed by atoms with Crippen molar-refractivity contribution in [3.8, 4) is 5.69 Å². The highest BCUT2D eigenvalue weighted by molar-refractivity contribution is 7.99. The maximum absolute atomic E-state index is 6.23. The second kappa shape index (κ2) is 9.01. The maximum Gasteiger partial charge on any atom is 0.108 e. The van der Waals surface area contributed by atoms with Crippen molar-refractivity contribution in [1.82, 2.24) is 14.8 Å². The average molecular weight is 441 g/mol. The number of rotatable bonds is 6. The molecule has 0 atom stereocenters. The van der Waals surface area contributed by atoms with E-state index in [0.29, 0.717) is 23.0 Å². The summed E-state index contributed by atoms with van der Waals surface area (Å²) in [6.45, 7) is 0.351. The third-order valence-corrected chi connectivity index (χ3v) is 5.92. The van der Waals surface area contributed by atoms with E-state index in [2.05, 4.69) is 4.98 Å². The lowest BCUT2D eigenvalue weighted by atomic mass is 10.1. The maximum atomic E-state index is 6.23. The van der Waals surface area contributed by atoms with Crippen molar-refractivity contribution in [2.24, 2.45) is 5.73 Å². The second-order valence-electron chi connectivity index (χ2n) is 6.42. The first-order chi connectivity index (χ1) is 14.1. The number of halogens is 2. The van der Waals surface area contributed by atoms with E-state index >= 15 is 0 Å². The van der Waals surface area contributed by atoms with Crippen LogP contribution < -0.4 is 5.73 Å². The van der Waals surface area contributed by atoms with Crippen LogP contribution in [0.15, 0.2) is 83.0 Å². The molecule has 2 aromatic heterocycles. The first kappa shape index (κ1) is 20.0. The molecule has 0 saturated carbocycles. The fourth-order valence-electron chi connectivity index (χ4n) is 3.07. The Morgan fingerprint density at radius 1 is 0.931 bits per heavy atom. The Balaban J connectivity index is 1.85. The van der Waals surface area contributed by atoms with Gasteiger partial charge >= 0.3 is 0 Å². The highest BCUT2D eigenvalue weighted by Crippen LogP contribution is 2.37. The Labute approximate surface area is 183 Å². The molecule has 0 aliphatic rings. The zero-order chi connectivity index (χ0) is 20.2. The summed E-state index contributed by atoms with van der Waals surface area (Å²) < 4.78 is 1.94. The van der Waals surface area contributed by atoms with Crippen LogP contribution in [0.4, 0.5) is 0 Å². The number of nitrogens with two attached hydrogens (primary N) is 1. The number of aromatic nitrogens is 3. The number of para-hydroxylation sites is 1. The largest absolute Gasteiger partial charge is 0.325 e. The number of hydrogen-bond acceptors (Lipinski definition) is 4. The fourth-order valence-corrected chi connectivity index (χ4v) is 4.87. The van der Waals surface area contributed by atoms with Gasteiger partial charge in [-0.3, -0.25) is 4.98 Å².